The van der Waals surface area contributed by atoms with E-state index in [1.54, 1.807) is 23.1 Å². The summed E-state index contributed by atoms with van der Waals surface area (Å²) in [4.78, 5) is 22.8. The van der Waals surface area contributed by atoms with Gasteiger partial charge in [0.15, 0.2) is 5.13 Å². The Bertz CT molecular complexity index is 967. The zero-order valence-corrected chi connectivity index (χ0v) is 21.6. The van der Waals surface area contributed by atoms with E-state index in [9.17, 15) is 4.79 Å². The average Bonchev–Trinajstić information content (AvgIpc) is 3.09. The molecule has 0 saturated carbocycles. The van der Waals surface area contributed by atoms with Crippen LogP contribution < -0.4 is 4.90 Å². The first kappa shape index (κ1) is 25.4. The molecule has 0 aliphatic heterocycles. The summed E-state index contributed by atoms with van der Waals surface area (Å²) in [5.41, 5.74) is 0.925. The van der Waals surface area contributed by atoms with Gasteiger partial charge in [0.25, 0.3) is 0 Å². The summed E-state index contributed by atoms with van der Waals surface area (Å²) >= 11 is 12.7. The smallest absolute Gasteiger partial charge is 0.228 e. The van der Waals surface area contributed by atoms with E-state index >= 15 is 0 Å². The standard InChI is InChI=1S/C21H23BrClN3OS2.ClH/c1-25(2)11-12-26(21-24-18-10-5-15(22)14-19(18)29-21)20(27)4-3-13-28-17-8-6-16(23)7-9-17;/h5-10,14H,3-4,11-13H2,1-2H3;1H. The third-order valence-corrected chi connectivity index (χ3v) is 7.14. The molecule has 1 amide bonds. The zero-order valence-electron chi connectivity index (χ0n) is 16.8. The molecule has 1 heterocycles. The largest absolute Gasteiger partial charge is 0.308 e. The molecular weight excluding hydrogens is 525 g/mol. The molecule has 2 aromatic carbocycles. The van der Waals surface area contributed by atoms with Crippen molar-refractivity contribution in [3.05, 3.63) is 52.0 Å². The molecule has 0 N–H and O–H groups in total. The lowest BCUT2D eigenvalue weighted by molar-refractivity contribution is -0.118. The SMILES string of the molecule is CN(C)CCN(C(=O)CCCSc1ccc(Cl)cc1)c1nc2ccc(Br)cc2s1.Cl. The van der Waals surface area contributed by atoms with Gasteiger partial charge in [-0.25, -0.2) is 4.98 Å². The molecule has 0 aliphatic carbocycles. The third kappa shape index (κ3) is 7.39. The fraction of sp³-hybridized carbons (Fsp3) is 0.333. The van der Waals surface area contributed by atoms with Crippen LogP contribution in [-0.4, -0.2) is 48.7 Å². The van der Waals surface area contributed by atoms with E-state index in [4.69, 9.17) is 16.6 Å². The van der Waals surface area contributed by atoms with Gasteiger partial charge in [-0.05, 0) is 68.7 Å². The van der Waals surface area contributed by atoms with E-state index in [2.05, 4.69) is 20.8 Å². The first-order valence-electron chi connectivity index (χ1n) is 9.32. The Morgan fingerprint density at radius 3 is 2.60 bits per heavy atom. The van der Waals surface area contributed by atoms with Crippen molar-refractivity contribution in [2.24, 2.45) is 0 Å². The highest BCUT2D eigenvalue weighted by atomic mass is 79.9. The Labute approximate surface area is 205 Å². The van der Waals surface area contributed by atoms with E-state index in [1.807, 2.05) is 61.5 Å². The van der Waals surface area contributed by atoms with E-state index in [1.165, 1.54) is 4.90 Å². The van der Waals surface area contributed by atoms with Crippen molar-refractivity contribution in [1.82, 2.24) is 9.88 Å². The van der Waals surface area contributed by atoms with Gasteiger partial charge in [-0.2, -0.15) is 0 Å². The molecule has 30 heavy (non-hydrogen) atoms. The number of nitrogens with zero attached hydrogens (tertiary/aromatic N) is 3. The van der Waals surface area contributed by atoms with Gasteiger partial charge in [0.1, 0.15) is 0 Å². The van der Waals surface area contributed by atoms with Gasteiger partial charge in [0, 0.05) is 33.9 Å². The van der Waals surface area contributed by atoms with Crippen LogP contribution >= 0.6 is 63.0 Å². The summed E-state index contributed by atoms with van der Waals surface area (Å²) < 4.78 is 2.10. The van der Waals surface area contributed by atoms with Gasteiger partial charge in [0.2, 0.25) is 5.91 Å². The number of thioether (sulfide) groups is 1. The summed E-state index contributed by atoms with van der Waals surface area (Å²) in [7, 11) is 4.03. The second kappa shape index (κ2) is 12.3. The molecular formula is C21H24BrCl2N3OS2. The lowest BCUT2D eigenvalue weighted by Gasteiger charge is -2.22. The lowest BCUT2D eigenvalue weighted by Crippen LogP contribution is -2.36. The Morgan fingerprint density at radius 1 is 1.17 bits per heavy atom. The molecule has 0 saturated heterocycles. The number of likely N-dealkylation sites (N-methyl/N-ethyl adjacent to an activating group) is 1. The summed E-state index contributed by atoms with van der Waals surface area (Å²) in [6, 6.07) is 13.8. The van der Waals surface area contributed by atoms with E-state index in [0.29, 0.717) is 13.0 Å². The minimum absolute atomic E-state index is 0. The van der Waals surface area contributed by atoms with Gasteiger partial charge >= 0.3 is 0 Å². The molecule has 0 unspecified atom stereocenters. The van der Waals surface area contributed by atoms with Crippen LogP contribution in [0.4, 0.5) is 5.13 Å². The molecule has 3 aromatic rings. The van der Waals surface area contributed by atoms with Crippen LogP contribution in [0.2, 0.25) is 5.02 Å². The predicted molar refractivity (Wildman–Crippen MR) is 137 cm³/mol. The number of hydrogen-bond acceptors (Lipinski definition) is 5. The van der Waals surface area contributed by atoms with Gasteiger partial charge in [-0.3, -0.25) is 9.69 Å². The van der Waals surface area contributed by atoms with Gasteiger partial charge in [-0.1, -0.05) is 38.9 Å². The minimum atomic E-state index is 0. The van der Waals surface area contributed by atoms with Crippen LogP contribution in [0.3, 0.4) is 0 Å². The second-order valence-electron chi connectivity index (χ2n) is 6.86. The number of halogens is 3. The summed E-state index contributed by atoms with van der Waals surface area (Å²) in [6.07, 6.45) is 1.33. The predicted octanol–water partition coefficient (Wildman–Crippen LogP) is 6.60. The highest BCUT2D eigenvalue weighted by Gasteiger charge is 2.19. The highest BCUT2D eigenvalue weighted by molar-refractivity contribution is 9.10. The van der Waals surface area contributed by atoms with Crippen molar-refractivity contribution in [2.75, 3.05) is 37.8 Å². The lowest BCUT2D eigenvalue weighted by atomic mass is 10.3. The minimum Gasteiger partial charge on any atom is -0.308 e. The van der Waals surface area contributed by atoms with Crippen molar-refractivity contribution in [1.29, 1.82) is 0 Å². The molecule has 0 atom stereocenters. The third-order valence-electron chi connectivity index (χ3n) is 4.26. The number of aromatic nitrogens is 1. The molecule has 0 fully saturated rings. The van der Waals surface area contributed by atoms with Crippen LogP contribution in [-0.2, 0) is 4.79 Å². The Kier molecular flexibility index (Phi) is 10.4. The molecule has 4 nitrogen and oxygen atoms in total. The van der Waals surface area contributed by atoms with Crippen molar-refractivity contribution >= 4 is 84.3 Å². The number of thiazole rings is 1. The van der Waals surface area contributed by atoms with Crippen molar-refractivity contribution in [2.45, 2.75) is 17.7 Å². The molecule has 0 bridgehead atoms. The van der Waals surface area contributed by atoms with Crippen molar-refractivity contribution in [3.63, 3.8) is 0 Å². The molecule has 0 spiro atoms. The monoisotopic (exact) mass is 547 g/mol. The molecule has 0 radical (unpaired) electrons. The molecule has 9 heteroatoms. The van der Waals surface area contributed by atoms with Crippen LogP contribution in [0.1, 0.15) is 12.8 Å². The summed E-state index contributed by atoms with van der Waals surface area (Å²) in [5.74, 6) is 1.02. The molecule has 1 aromatic heterocycles. The van der Waals surface area contributed by atoms with E-state index < -0.39 is 0 Å². The number of fused-ring (bicyclic) bond motifs is 1. The fourth-order valence-electron chi connectivity index (χ4n) is 2.71. The van der Waals surface area contributed by atoms with E-state index in [0.717, 1.165) is 43.6 Å². The number of anilines is 1. The topological polar surface area (TPSA) is 36.4 Å². The number of benzene rings is 2. The highest BCUT2D eigenvalue weighted by Crippen LogP contribution is 2.31. The normalized spacial score (nSPS) is 11.0. The maximum atomic E-state index is 13.0. The maximum Gasteiger partial charge on any atom is 0.228 e. The summed E-state index contributed by atoms with van der Waals surface area (Å²) in [6.45, 7) is 1.43. The number of amides is 1. The number of hydrogen-bond donors (Lipinski definition) is 0. The van der Waals surface area contributed by atoms with Gasteiger partial charge in [0.05, 0.1) is 10.2 Å². The Hall–Kier alpha value is -0.830. The first-order chi connectivity index (χ1) is 13.9. The maximum absolute atomic E-state index is 13.0. The Balaban J connectivity index is 0.00000320. The van der Waals surface area contributed by atoms with Crippen LogP contribution in [0.5, 0.6) is 0 Å². The van der Waals surface area contributed by atoms with Crippen molar-refractivity contribution < 1.29 is 4.79 Å². The average molecular weight is 549 g/mol. The van der Waals surface area contributed by atoms with Crippen LogP contribution in [0, 0.1) is 0 Å². The van der Waals surface area contributed by atoms with Gasteiger partial charge < -0.3 is 4.90 Å². The van der Waals surface area contributed by atoms with Crippen LogP contribution in [0.15, 0.2) is 51.8 Å². The second-order valence-corrected chi connectivity index (χ2v) is 10.4. The van der Waals surface area contributed by atoms with Gasteiger partial charge in [-0.15, -0.1) is 24.2 Å². The first-order valence-corrected chi connectivity index (χ1v) is 12.3. The molecule has 3 rings (SSSR count). The fourth-order valence-corrected chi connectivity index (χ4v) is 5.25. The quantitative estimate of drug-likeness (QED) is 0.223. The van der Waals surface area contributed by atoms with Crippen LogP contribution in [0.25, 0.3) is 10.2 Å². The Morgan fingerprint density at radius 2 is 1.90 bits per heavy atom. The summed E-state index contributed by atoms with van der Waals surface area (Å²) in [5, 5.41) is 1.51. The number of rotatable bonds is 9. The molecule has 0 aliphatic rings. The molecule has 162 valence electrons. The van der Waals surface area contributed by atoms with Crippen molar-refractivity contribution in [3.8, 4) is 0 Å². The number of carbonyl (C=O) groups is 1. The van der Waals surface area contributed by atoms with E-state index in [-0.39, 0.29) is 18.3 Å². The number of carbonyl (C=O) groups excluding carboxylic acids is 1. The zero-order chi connectivity index (χ0) is 20.8.